The fourth-order valence-corrected chi connectivity index (χ4v) is 2.62. The average Bonchev–Trinajstić information content (AvgIpc) is 2.95. The number of rotatable bonds is 3. The van der Waals surface area contributed by atoms with Gasteiger partial charge in [-0.25, -0.2) is 9.97 Å². The van der Waals surface area contributed by atoms with E-state index in [9.17, 15) is 18.0 Å². The summed E-state index contributed by atoms with van der Waals surface area (Å²) in [6.45, 7) is 1.74. The normalized spacial score (nSPS) is 13.1. The van der Waals surface area contributed by atoms with Gasteiger partial charge in [0, 0.05) is 18.1 Å². The highest BCUT2D eigenvalue weighted by molar-refractivity contribution is 5.87. The summed E-state index contributed by atoms with van der Waals surface area (Å²) in [6.07, 6.45) is -2.82. The monoisotopic (exact) mass is 363 g/mol. The molecule has 0 bridgehead atoms. The zero-order valence-corrected chi connectivity index (χ0v) is 13.5. The SMILES string of the molecule is CC(=O)Nc1nc2c(c(-c3cccc(OC(F)(F)F)c3)n1)CN(C#N)C2. The van der Waals surface area contributed by atoms with Gasteiger partial charge in [-0.1, -0.05) is 12.1 Å². The maximum Gasteiger partial charge on any atom is 0.573 e. The van der Waals surface area contributed by atoms with Gasteiger partial charge in [-0.2, -0.15) is 5.26 Å². The van der Waals surface area contributed by atoms with Gasteiger partial charge in [-0.05, 0) is 12.1 Å². The number of ether oxygens (including phenoxy) is 1. The molecule has 2 aromatic rings. The number of anilines is 1. The molecular weight excluding hydrogens is 351 g/mol. The fraction of sp³-hybridized carbons (Fsp3) is 0.250. The Labute approximate surface area is 146 Å². The third kappa shape index (κ3) is 3.83. The molecule has 1 amide bonds. The molecule has 1 aromatic heterocycles. The first-order valence-electron chi connectivity index (χ1n) is 7.43. The van der Waals surface area contributed by atoms with Crippen LogP contribution in [-0.4, -0.2) is 27.1 Å². The van der Waals surface area contributed by atoms with Crippen LogP contribution in [-0.2, 0) is 17.9 Å². The van der Waals surface area contributed by atoms with Crippen molar-refractivity contribution >= 4 is 11.9 Å². The van der Waals surface area contributed by atoms with Crippen molar-refractivity contribution < 1.29 is 22.7 Å². The Morgan fingerprint density at radius 1 is 1.35 bits per heavy atom. The molecule has 0 atom stereocenters. The molecule has 7 nitrogen and oxygen atoms in total. The highest BCUT2D eigenvalue weighted by atomic mass is 19.4. The largest absolute Gasteiger partial charge is 0.573 e. The second kappa shape index (κ2) is 6.51. The number of nitrogens with zero attached hydrogens (tertiary/aromatic N) is 4. The van der Waals surface area contributed by atoms with Crippen molar-refractivity contribution in [2.45, 2.75) is 26.4 Å². The molecule has 1 N–H and O–H groups in total. The maximum absolute atomic E-state index is 12.5. The first-order chi connectivity index (χ1) is 12.2. The van der Waals surface area contributed by atoms with Crippen molar-refractivity contribution in [3.05, 3.63) is 35.5 Å². The summed E-state index contributed by atoms with van der Waals surface area (Å²) in [4.78, 5) is 21.2. The number of fused-ring (bicyclic) bond motifs is 1. The number of carbonyl (C=O) groups is 1. The lowest BCUT2D eigenvalue weighted by Gasteiger charge is -2.12. The standard InChI is InChI=1S/C16H12F3N5O2/c1-9(25)21-15-22-13-7-24(8-20)6-12(13)14(23-15)10-3-2-4-11(5-10)26-16(17,18)19/h2-5H,6-7H2,1H3,(H,21,22,23,25). The van der Waals surface area contributed by atoms with Crippen LogP contribution < -0.4 is 10.1 Å². The second-order valence-corrected chi connectivity index (χ2v) is 5.53. The van der Waals surface area contributed by atoms with E-state index in [1.54, 1.807) is 6.07 Å². The molecule has 134 valence electrons. The Morgan fingerprint density at radius 2 is 2.12 bits per heavy atom. The van der Waals surface area contributed by atoms with Crippen LogP contribution in [0.15, 0.2) is 24.3 Å². The zero-order valence-electron chi connectivity index (χ0n) is 13.5. The summed E-state index contributed by atoms with van der Waals surface area (Å²) < 4.78 is 41.3. The third-order valence-electron chi connectivity index (χ3n) is 3.55. The Bertz CT molecular complexity index is 908. The zero-order chi connectivity index (χ0) is 18.9. The summed E-state index contributed by atoms with van der Waals surface area (Å²) >= 11 is 0. The number of benzene rings is 1. The quantitative estimate of drug-likeness (QED) is 0.844. The van der Waals surface area contributed by atoms with E-state index in [1.807, 2.05) is 6.19 Å². The Hall–Kier alpha value is -3.35. The van der Waals surface area contributed by atoms with Gasteiger partial charge < -0.3 is 9.64 Å². The van der Waals surface area contributed by atoms with Crippen LogP contribution in [0.1, 0.15) is 18.2 Å². The van der Waals surface area contributed by atoms with Crippen LogP contribution in [0.2, 0.25) is 0 Å². The molecular formula is C16H12F3N5O2. The lowest BCUT2D eigenvalue weighted by molar-refractivity contribution is -0.274. The molecule has 0 spiro atoms. The predicted molar refractivity (Wildman–Crippen MR) is 83.3 cm³/mol. The van der Waals surface area contributed by atoms with E-state index in [0.717, 1.165) is 0 Å². The summed E-state index contributed by atoms with van der Waals surface area (Å²) in [7, 11) is 0. The van der Waals surface area contributed by atoms with Gasteiger partial charge in [0.1, 0.15) is 5.75 Å². The van der Waals surface area contributed by atoms with Gasteiger partial charge in [0.2, 0.25) is 11.9 Å². The number of aromatic nitrogens is 2. The molecule has 1 aliphatic rings. The van der Waals surface area contributed by atoms with Gasteiger partial charge in [0.25, 0.3) is 0 Å². The average molecular weight is 363 g/mol. The minimum Gasteiger partial charge on any atom is -0.406 e. The van der Waals surface area contributed by atoms with E-state index in [2.05, 4.69) is 20.0 Å². The molecule has 0 radical (unpaired) electrons. The van der Waals surface area contributed by atoms with Crippen LogP contribution in [0.4, 0.5) is 19.1 Å². The number of carbonyl (C=O) groups excluding carboxylic acids is 1. The smallest absolute Gasteiger partial charge is 0.406 e. The van der Waals surface area contributed by atoms with Gasteiger partial charge in [0.15, 0.2) is 6.19 Å². The van der Waals surface area contributed by atoms with Crippen molar-refractivity contribution in [3.8, 4) is 23.2 Å². The lowest BCUT2D eigenvalue weighted by atomic mass is 10.1. The van der Waals surface area contributed by atoms with Crippen molar-refractivity contribution in [2.75, 3.05) is 5.32 Å². The van der Waals surface area contributed by atoms with E-state index < -0.39 is 12.1 Å². The van der Waals surface area contributed by atoms with Gasteiger partial charge in [-0.3, -0.25) is 10.1 Å². The summed E-state index contributed by atoms with van der Waals surface area (Å²) in [5.74, 6) is -0.757. The number of hydrogen-bond acceptors (Lipinski definition) is 6. The second-order valence-electron chi connectivity index (χ2n) is 5.53. The van der Waals surface area contributed by atoms with Crippen LogP contribution in [0.5, 0.6) is 5.75 Å². The fourth-order valence-electron chi connectivity index (χ4n) is 2.62. The Morgan fingerprint density at radius 3 is 2.77 bits per heavy atom. The number of alkyl halides is 3. The topological polar surface area (TPSA) is 91.1 Å². The molecule has 1 aliphatic heterocycles. The van der Waals surface area contributed by atoms with E-state index in [0.29, 0.717) is 22.5 Å². The van der Waals surface area contributed by atoms with E-state index >= 15 is 0 Å². The van der Waals surface area contributed by atoms with Gasteiger partial charge in [-0.15, -0.1) is 13.2 Å². The predicted octanol–water partition coefficient (Wildman–Crippen LogP) is 2.80. The Kier molecular flexibility index (Phi) is 4.38. The molecule has 2 heterocycles. The highest BCUT2D eigenvalue weighted by Gasteiger charge is 2.31. The van der Waals surface area contributed by atoms with Gasteiger partial charge >= 0.3 is 6.36 Å². The third-order valence-corrected chi connectivity index (χ3v) is 3.55. The molecule has 26 heavy (non-hydrogen) atoms. The van der Waals surface area contributed by atoms with Crippen molar-refractivity contribution in [2.24, 2.45) is 0 Å². The number of amides is 1. The van der Waals surface area contributed by atoms with Crippen LogP contribution in [0.3, 0.4) is 0 Å². The summed E-state index contributed by atoms with van der Waals surface area (Å²) in [5.41, 5.74) is 1.84. The van der Waals surface area contributed by atoms with Crippen LogP contribution in [0, 0.1) is 11.5 Å². The van der Waals surface area contributed by atoms with Crippen molar-refractivity contribution in [1.29, 1.82) is 5.26 Å². The Balaban J connectivity index is 2.07. The summed E-state index contributed by atoms with van der Waals surface area (Å²) in [5, 5.41) is 11.6. The van der Waals surface area contributed by atoms with Gasteiger partial charge in [0.05, 0.1) is 24.5 Å². The van der Waals surface area contributed by atoms with E-state index in [1.165, 1.54) is 30.0 Å². The van der Waals surface area contributed by atoms with Crippen LogP contribution in [0.25, 0.3) is 11.3 Å². The minimum absolute atomic E-state index is 0.0215. The first kappa shape index (κ1) is 17.5. The molecule has 10 heteroatoms. The lowest BCUT2D eigenvalue weighted by Crippen LogP contribution is -2.17. The first-order valence-corrected chi connectivity index (χ1v) is 7.43. The molecule has 3 rings (SSSR count). The molecule has 0 unspecified atom stereocenters. The van der Waals surface area contributed by atoms with Crippen LogP contribution >= 0.6 is 0 Å². The number of hydrogen-bond donors (Lipinski definition) is 1. The number of nitrogens with one attached hydrogen (secondary N) is 1. The molecule has 1 aromatic carbocycles. The summed E-state index contributed by atoms with van der Waals surface area (Å²) in [6, 6.07) is 5.34. The molecule has 0 fully saturated rings. The molecule has 0 saturated heterocycles. The van der Waals surface area contributed by atoms with E-state index in [-0.39, 0.29) is 24.9 Å². The minimum atomic E-state index is -4.81. The molecule has 0 saturated carbocycles. The van der Waals surface area contributed by atoms with Crippen molar-refractivity contribution in [1.82, 2.24) is 14.9 Å². The molecule has 0 aliphatic carbocycles. The van der Waals surface area contributed by atoms with E-state index in [4.69, 9.17) is 5.26 Å². The maximum atomic E-state index is 12.5. The number of nitriles is 1. The highest BCUT2D eigenvalue weighted by Crippen LogP contribution is 2.33. The van der Waals surface area contributed by atoms with Crippen molar-refractivity contribution in [3.63, 3.8) is 0 Å². The number of halogens is 3.